The molecule has 0 radical (unpaired) electrons. The molecule has 1 amide bonds. The monoisotopic (exact) mass is 415 g/mol. The number of halogens is 2. The minimum atomic E-state index is -2.90. The van der Waals surface area contributed by atoms with Crippen LogP contribution in [0, 0.1) is 0 Å². The topological polar surface area (TPSA) is 74.6 Å². The van der Waals surface area contributed by atoms with Gasteiger partial charge in [-0.1, -0.05) is 0 Å². The van der Waals surface area contributed by atoms with E-state index in [9.17, 15) is 13.6 Å². The molecule has 2 heterocycles. The number of nitrogens with one attached hydrogen (secondary N) is 1. The van der Waals surface area contributed by atoms with Crippen molar-refractivity contribution in [2.45, 2.75) is 13.0 Å². The van der Waals surface area contributed by atoms with E-state index in [0.717, 1.165) is 6.42 Å². The molecule has 0 bridgehead atoms. The highest BCUT2D eigenvalue weighted by molar-refractivity contribution is 6.08. The lowest BCUT2D eigenvalue weighted by molar-refractivity contribution is -0.0498. The molecule has 0 spiro atoms. The van der Waals surface area contributed by atoms with Crippen molar-refractivity contribution in [1.82, 2.24) is 9.78 Å². The summed E-state index contributed by atoms with van der Waals surface area (Å²) in [6.07, 6.45) is 2.41. The molecule has 30 heavy (non-hydrogen) atoms. The Morgan fingerprint density at radius 1 is 1.13 bits per heavy atom. The van der Waals surface area contributed by atoms with E-state index < -0.39 is 6.61 Å². The summed E-state index contributed by atoms with van der Waals surface area (Å²) in [4.78, 5) is 12.9. The van der Waals surface area contributed by atoms with Gasteiger partial charge in [0.2, 0.25) is 0 Å². The van der Waals surface area contributed by atoms with Gasteiger partial charge in [0, 0.05) is 30.9 Å². The van der Waals surface area contributed by atoms with Crippen LogP contribution in [0.3, 0.4) is 0 Å². The number of aryl methyl sites for hydroxylation is 1. The van der Waals surface area contributed by atoms with E-state index in [1.165, 1.54) is 24.3 Å². The maximum absolute atomic E-state index is 12.9. The molecule has 2 aromatic carbocycles. The number of amides is 1. The molecule has 7 nitrogen and oxygen atoms in total. The normalized spacial score (nSPS) is 13.1. The van der Waals surface area contributed by atoms with Gasteiger partial charge < -0.3 is 19.5 Å². The van der Waals surface area contributed by atoms with Crippen LogP contribution in [0.15, 0.2) is 48.7 Å². The fourth-order valence-electron chi connectivity index (χ4n) is 3.10. The summed E-state index contributed by atoms with van der Waals surface area (Å²) in [5.74, 6) is 0.894. The van der Waals surface area contributed by atoms with Crippen molar-refractivity contribution in [1.29, 1.82) is 0 Å². The molecule has 1 aliphatic rings. The Morgan fingerprint density at radius 2 is 1.87 bits per heavy atom. The van der Waals surface area contributed by atoms with Gasteiger partial charge in [0.1, 0.15) is 11.4 Å². The summed E-state index contributed by atoms with van der Waals surface area (Å²) in [6, 6.07) is 11.1. The maximum Gasteiger partial charge on any atom is 0.387 e. The van der Waals surface area contributed by atoms with E-state index in [4.69, 9.17) is 9.47 Å². The summed E-state index contributed by atoms with van der Waals surface area (Å²) >= 11 is 0. The van der Waals surface area contributed by atoms with E-state index in [1.54, 1.807) is 30.1 Å². The zero-order chi connectivity index (χ0) is 21.1. The first-order valence-corrected chi connectivity index (χ1v) is 9.29. The summed E-state index contributed by atoms with van der Waals surface area (Å²) in [6.45, 7) is -1.76. The first-order valence-electron chi connectivity index (χ1n) is 9.29. The minimum Gasteiger partial charge on any atom is -0.490 e. The average Bonchev–Trinajstić information content (AvgIpc) is 2.96. The molecule has 0 fully saturated rings. The number of rotatable bonds is 5. The maximum atomic E-state index is 12.9. The number of hydrogen-bond donors (Lipinski definition) is 1. The quantitative estimate of drug-likeness (QED) is 0.679. The number of aromatic nitrogens is 2. The van der Waals surface area contributed by atoms with Crippen molar-refractivity contribution < 1.29 is 27.8 Å². The third-order valence-corrected chi connectivity index (χ3v) is 4.43. The Balaban J connectivity index is 1.57. The summed E-state index contributed by atoms with van der Waals surface area (Å²) < 4.78 is 41.8. The van der Waals surface area contributed by atoms with Gasteiger partial charge in [0.25, 0.3) is 5.91 Å². The van der Waals surface area contributed by atoms with Crippen molar-refractivity contribution in [3.8, 4) is 28.5 Å². The zero-order valence-electron chi connectivity index (χ0n) is 16.1. The Kier molecular flexibility index (Phi) is 5.51. The molecule has 3 aromatic rings. The number of nitrogens with zero attached hydrogens (tertiary/aromatic N) is 2. The van der Waals surface area contributed by atoms with E-state index in [1.807, 2.05) is 6.07 Å². The van der Waals surface area contributed by atoms with Crippen LogP contribution in [0.4, 0.5) is 14.5 Å². The number of carbonyl (C=O) groups excluding carboxylic acids is 1. The molecular weight excluding hydrogens is 396 g/mol. The molecule has 156 valence electrons. The highest BCUT2D eigenvalue weighted by Crippen LogP contribution is 2.35. The molecular formula is C21H19F2N3O4. The van der Waals surface area contributed by atoms with Gasteiger partial charge in [-0.05, 0) is 42.5 Å². The Morgan fingerprint density at radius 3 is 2.60 bits per heavy atom. The van der Waals surface area contributed by atoms with Crippen LogP contribution in [0.1, 0.15) is 16.8 Å². The number of alkyl halides is 2. The van der Waals surface area contributed by atoms with Gasteiger partial charge in [-0.15, -0.1) is 0 Å². The summed E-state index contributed by atoms with van der Waals surface area (Å²) in [5, 5.41) is 7.16. The third kappa shape index (κ3) is 4.35. The number of anilines is 1. The largest absolute Gasteiger partial charge is 0.490 e. The van der Waals surface area contributed by atoms with Crippen LogP contribution in [-0.2, 0) is 7.05 Å². The molecule has 0 aliphatic carbocycles. The van der Waals surface area contributed by atoms with Crippen LogP contribution in [0.25, 0.3) is 11.3 Å². The van der Waals surface area contributed by atoms with Gasteiger partial charge >= 0.3 is 6.61 Å². The Hall–Kier alpha value is -3.62. The van der Waals surface area contributed by atoms with Crippen LogP contribution in [-0.4, -0.2) is 35.5 Å². The SMILES string of the molecule is Cn1cc(C(=O)Nc2ccc(OC(F)F)cc2)c(-c2ccc3c(c2)OCCCO3)n1. The van der Waals surface area contributed by atoms with Crippen molar-refractivity contribution in [2.24, 2.45) is 7.05 Å². The molecule has 1 N–H and O–H groups in total. The number of carbonyl (C=O) groups is 1. The standard InChI is InChI=1S/C21H19F2N3O4/c1-26-12-16(20(27)24-14-4-6-15(7-5-14)30-21(22)23)19(25-26)13-3-8-17-18(11-13)29-10-2-9-28-17/h3-8,11-12,21H,2,9-10H2,1H3,(H,24,27). The van der Waals surface area contributed by atoms with Gasteiger partial charge in [-0.25, -0.2) is 0 Å². The van der Waals surface area contributed by atoms with Gasteiger partial charge in [-0.3, -0.25) is 9.48 Å². The second-order valence-corrected chi connectivity index (χ2v) is 6.63. The summed E-state index contributed by atoms with van der Waals surface area (Å²) in [7, 11) is 1.72. The molecule has 0 atom stereocenters. The van der Waals surface area contributed by atoms with Crippen LogP contribution in [0.5, 0.6) is 17.2 Å². The number of fused-ring (bicyclic) bond motifs is 1. The van der Waals surface area contributed by atoms with Crippen molar-refractivity contribution in [2.75, 3.05) is 18.5 Å². The zero-order valence-corrected chi connectivity index (χ0v) is 16.1. The molecule has 1 aliphatic heterocycles. The lowest BCUT2D eigenvalue weighted by Crippen LogP contribution is -2.12. The number of benzene rings is 2. The fourth-order valence-corrected chi connectivity index (χ4v) is 3.10. The highest BCUT2D eigenvalue weighted by atomic mass is 19.3. The van der Waals surface area contributed by atoms with E-state index in [-0.39, 0.29) is 11.7 Å². The lowest BCUT2D eigenvalue weighted by atomic mass is 10.1. The summed E-state index contributed by atoms with van der Waals surface area (Å²) in [5.41, 5.74) is 2.00. The van der Waals surface area contributed by atoms with Gasteiger partial charge in [0.15, 0.2) is 11.5 Å². The number of hydrogen-bond acceptors (Lipinski definition) is 5. The Labute approximate surface area is 171 Å². The molecule has 0 unspecified atom stereocenters. The number of ether oxygens (including phenoxy) is 3. The van der Waals surface area contributed by atoms with Gasteiger partial charge in [0.05, 0.1) is 18.8 Å². The van der Waals surface area contributed by atoms with Crippen molar-refractivity contribution in [3.05, 3.63) is 54.2 Å². The fraction of sp³-hybridized carbons (Fsp3) is 0.238. The molecule has 1 aromatic heterocycles. The molecule has 0 saturated heterocycles. The highest BCUT2D eigenvalue weighted by Gasteiger charge is 2.20. The average molecular weight is 415 g/mol. The van der Waals surface area contributed by atoms with E-state index in [2.05, 4.69) is 15.2 Å². The predicted octanol–water partition coefficient (Wildman–Crippen LogP) is 4.10. The molecule has 0 saturated carbocycles. The Bertz CT molecular complexity index is 1050. The smallest absolute Gasteiger partial charge is 0.387 e. The van der Waals surface area contributed by atoms with E-state index in [0.29, 0.717) is 47.2 Å². The predicted molar refractivity (Wildman–Crippen MR) is 105 cm³/mol. The third-order valence-electron chi connectivity index (χ3n) is 4.43. The molecule has 9 heteroatoms. The van der Waals surface area contributed by atoms with E-state index >= 15 is 0 Å². The first kappa shape index (κ1) is 19.7. The minimum absolute atomic E-state index is 0.0114. The van der Waals surface area contributed by atoms with Crippen molar-refractivity contribution >= 4 is 11.6 Å². The first-order chi connectivity index (χ1) is 14.5. The lowest BCUT2D eigenvalue weighted by Gasteiger charge is -2.10. The van der Waals surface area contributed by atoms with Gasteiger partial charge in [-0.2, -0.15) is 13.9 Å². The second kappa shape index (κ2) is 8.40. The molecule has 4 rings (SSSR count). The second-order valence-electron chi connectivity index (χ2n) is 6.63. The van der Waals surface area contributed by atoms with Crippen LogP contribution >= 0.6 is 0 Å². The van der Waals surface area contributed by atoms with Crippen LogP contribution in [0.2, 0.25) is 0 Å². The van der Waals surface area contributed by atoms with Crippen LogP contribution < -0.4 is 19.5 Å². The van der Waals surface area contributed by atoms with Crippen molar-refractivity contribution in [3.63, 3.8) is 0 Å².